The Morgan fingerprint density at radius 2 is 2.07 bits per heavy atom. The highest BCUT2D eigenvalue weighted by molar-refractivity contribution is 6.33. The Morgan fingerprint density at radius 3 is 2.57 bits per heavy atom. The van der Waals surface area contributed by atoms with Gasteiger partial charge in [0.15, 0.2) is 0 Å². The number of aliphatic hydroxyl groups excluding tert-OH is 2. The van der Waals surface area contributed by atoms with Gasteiger partial charge >= 0.3 is 0 Å². The van der Waals surface area contributed by atoms with E-state index in [0.29, 0.717) is 11.6 Å². The van der Waals surface area contributed by atoms with Crippen molar-refractivity contribution in [2.24, 2.45) is 0 Å². The number of benzene rings is 1. The van der Waals surface area contributed by atoms with Gasteiger partial charge in [-0.15, -0.1) is 0 Å². The number of halogens is 1. The topological polar surface area (TPSA) is 43.7 Å². The minimum absolute atomic E-state index is 0.0102. The summed E-state index contributed by atoms with van der Waals surface area (Å²) in [5.74, 6) is 0. The molecule has 0 fully saturated rings. The summed E-state index contributed by atoms with van der Waals surface area (Å²) in [5.41, 5.74) is 1.65. The maximum atomic E-state index is 8.88. The summed E-state index contributed by atoms with van der Waals surface area (Å²) in [4.78, 5) is 1.86. The SMILES string of the molecule is CN(CCO)c1ccc(CO)cc1Cl. The second kappa shape index (κ2) is 5.20. The molecule has 1 aromatic carbocycles. The predicted octanol–water partition coefficient (Wildman–Crippen LogP) is 1.26. The first-order valence-corrected chi connectivity index (χ1v) is 4.78. The van der Waals surface area contributed by atoms with Crippen LogP contribution in [0.4, 0.5) is 5.69 Å². The lowest BCUT2D eigenvalue weighted by Gasteiger charge is -2.19. The van der Waals surface area contributed by atoms with E-state index in [1.165, 1.54) is 0 Å². The normalized spacial score (nSPS) is 10.3. The van der Waals surface area contributed by atoms with Gasteiger partial charge in [0, 0.05) is 13.6 Å². The van der Waals surface area contributed by atoms with E-state index in [4.69, 9.17) is 21.8 Å². The first kappa shape index (κ1) is 11.3. The quantitative estimate of drug-likeness (QED) is 0.795. The van der Waals surface area contributed by atoms with Crippen molar-refractivity contribution in [3.63, 3.8) is 0 Å². The monoisotopic (exact) mass is 215 g/mol. The van der Waals surface area contributed by atoms with Gasteiger partial charge in [-0.1, -0.05) is 17.7 Å². The Hall–Kier alpha value is -0.770. The maximum absolute atomic E-state index is 8.88. The first-order valence-electron chi connectivity index (χ1n) is 4.40. The highest BCUT2D eigenvalue weighted by Gasteiger charge is 2.05. The molecule has 0 radical (unpaired) electrons. The molecule has 0 aliphatic carbocycles. The molecule has 78 valence electrons. The Kier molecular flexibility index (Phi) is 4.20. The van der Waals surface area contributed by atoms with Crippen LogP contribution in [-0.4, -0.2) is 30.4 Å². The summed E-state index contributed by atoms with van der Waals surface area (Å²) >= 11 is 6.00. The smallest absolute Gasteiger partial charge is 0.0682 e. The number of anilines is 1. The zero-order valence-corrected chi connectivity index (χ0v) is 8.83. The fourth-order valence-corrected chi connectivity index (χ4v) is 1.58. The van der Waals surface area contributed by atoms with E-state index in [0.717, 1.165) is 11.3 Å². The van der Waals surface area contributed by atoms with E-state index in [1.807, 2.05) is 24.1 Å². The number of aliphatic hydroxyl groups is 2. The van der Waals surface area contributed by atoms with Gasteiger partial charge in [0.2, 0.25) is 0 Å². The molecule has 0 aliphatic rings. The molecule has 0 spiro atoms. The van der Waals surface area contributed by atoms with Gasteiger partial charge < -0.3 is 15.1 Å². The van der Waals surface area contributed by atoms with Crippen LogP contribution in [0.1, 0.15) is 5.56 Å². The maximum Gasteiger partial charge on any atom is 0.0682 e. The Balaban J connectivity index is 2.88. The summed E-state index contributed by atoms with van der Waals surface area (Å²) in [5, 5.41) is 18.2. The number of rotatable bonds is 4. The van der Waals surface area contributed by atoms with E-state index in [-0.39, 0.29) is 13.2 Å². The molecule has 0 saturated carbocycles. The van der Waals surface area contributed by atoms with Crippen molar-refractivity contribution in [3.05, 3.63) is 28.8 Å². The van der Waals surface area contributed by atoms with Crippen LogP contribution < -0.4 is 4.90 Å². The van der Waals surface area contributed by atoms with Crippen molar-refractivity contribution in [2.45, 2.75) is 6.61 Å². The van der Waals surface area contributed by atoms with E-state index in [1.54, 1.807) is 6.07 Å². The molecule has 3 nitrogen and oxygen atoms in total. The van der Waals surface area contributed by atoms with Crippen LogP contribution in [0, 0.1) is 0 Å². The average Bonchev–Trinajstić information content (AvgIpc) is 2.17. The second-order valence-electron chi connectivity index (χ2n) is 3.09. The number of nitrogens with zero attached hydrogens (tertiary/aromatic N) is 1. The molecule has 0 aliphatic heterocycles. The van der Waals surface area contributed by atoms with Gasteiger partial charge in [-0.25, -0.2) is 0 Å². The molecule has 4 heteroatoms. The molecule has 0 saturated heterocycles. The van der Waals surface area contributed by atoms with Crippen LogP contribution in [0.25, 0.3) is 0 Å². The third-order valence-electron chi connectivity index (χ3n) is 2.04. The molecule has 0 amide bonds. The van der Waals surface area contributed by atoms with Gasteiger partial charge in [0.1, 0.15) is 0 Å². The standard InChI is InChI=1S/C10H14ClNO2/c1-12(4-5-13)10-3-2-8(7-14)6-9(10)11/h2-3,6,13-14H,4-5,7H2,1H3. The van der Waals surface area contributed by atoms with Gasteiger partial charge in [0.25, 0.3) is 0 Å². The van der Waals surface area contributed by atoms with Crippen molar-refractivity contribution < 1.29 is 10.2 Å². The summed E-state index contributed by atoms with van der Waals surface area (Å²) in [6.45, 7) is 0.622. The molecule has 14 heavy (non-hydrogen) atoms. The summed E-state index contributed by atoms with van der Waals surface area (Å²) in [6.07, 6.45) is 0. The zero-order valence-electron chi connectivity index (χ0n) is 8.07. The molecular formula is C10H14ClNO2. The van der Waals surface area contributed by atoms with E-state index in [9.17, 15) is 0 Å². The highest BCUT2D eigenvalue weighted by atomic mass is 35.5. The van der Waals surface area contributed by atoms with Crippen LogP contribution in [0.2, 0.25) is 5.02 Å². The minimum atomic E-state index is -0.0102. The predicted molar refractivity (Wildman–Crippen MR) is 57.7 cm³/mol. The Labute approximate surface area is 88.5 Å². The fourth-order valence-electron chi connectivity index (χ4n) is 1.23. The lowest BCUT2D eigenvalue weighted by atomic mass is 10.2. The summed E-state index contributed by atoms with van der Waals surface area (Å²) in [7, 11) is 1.86. The second-order valence-corrected chi connectivity index (χ2v) is 3.50. The van der Waals surface area contributed by atoms with Crippen molar-refractivity contribution in [1.82, 2.24) is 0 Å². The highest BCUT2D eigenvalue weighted by Crippen LogP contribution is 2.25. The largest absolute Gasteiger partial charge is 0.395 e. The van der Waals surface area contributed by atoms with Crippen LogP contribution in [-0.2, 0) is 6.61 Å². The van der Waals surface area contributed by atoms with Crippen molar-refractivity contribution in [3.8, 4) is 0 Å². The molecule has 0 bridgehead atoms. The van der Waals surface area contributed by atoms with E-state index in [2.05, 4.69) is 0 Å². The van der Waals surface area contributed by atoms with Crippen molar-refractivity contribution >= 4 is 17.3 Å². The number of hydrogen-bond acceptors (Lipinski definition) is 3. The Morgan fingerprint density at radius 1 is 1.36 bits per heavy atom. The molecule has 0 atom stereocenters. The lowest BCUT2D eigenvalue weighted by Crippen LogP contribution is -2.21. The van der Waals surface area contributed by atoms with Crippen LogP contribution in [0.15, 0.2) is 18.2 Å². The van der Waals surface area contributed by atoms with E-state index >= 15 is 0 Å². The van der Waals surface area contributed by atoms with Gasteiger partial charge in [-0.05, 0) is 17.7 Å². The summed E-state index contributed by atoms with van der Waals surface area (Å²) in [6, 6.07) is 5.38. The Bertz CT molecular complexity index is 304. The molecule has 1 rings (SSSR count). The minimum Gasteiger partial charge on any atom is -0.395 e. The molecular weight excluding hydrogens is 202 g/mol. The first-order chi connectivity index (χ1) is 6.69. The average molecular weight is 216 g/mol. The lowest BCUT2D eigenvalue weighted by molar-refractivity contribution is 0.282. The summed E-state index contributed by atoms with van der Waals surface area (Å²) < 4.78 is 0. The van der Waals surface area contributed by atoms with Crippen molar-refractivity contribution in [1.29, 1.82) is 0 Å². The molecule has 0 unspecified atom stereocenters. The third-order valence-corrected chi connectivity index (χ3v) is 2.34. The molecule has 0 heterocycles. The van der Waals surface area contributed by atoms with Crippen LogP contribution in [0.5, 0.6) is 0 Å². The van der Waals surface area contributed by atoms with Gasteiger partial charge in [0.05, 0.1) is 23.9 Å². The van der Waals surface area contributed by atoms with Crippen molar-refractivity contribution in [2.75, 3.05) is 25.1 Å². The molecule has 0 aromatic heterocycles. The molecule has 2 N–H and O–H groups in total. The van der Waals surface area contributed by atoms with Crippen LogP contribution in [0.3, 0.4) is 0 Å². The zero-order chi connectivity index (χ0) is 10.6. The third kappa shape index (κ3) is 2.61. The van der Waals surface area contributed by atoms with Crippen LogP contribution >= 0.6 is 11.6 Å². The number of likely N-dealkylation sites (N-methyl/N-ethyl adjacent to an activating group) is 1. The van der Waals surface area contributed by atoms with E-state index < -0.39 is 0 Å². The van der Waals surface area contributed by atoms with Gasteiger partial charge in [-0.2, -0.15) is 0 Å². The molecule has 1 aromatic rings. The fraction of sp³-hybridized carbons (Fsp3) is 0.400. The van der Waals surface area contributed by atoms with Gasteiger partial charge in [-0.3, -0.25) is 0 Å². The number of hydrogen-bond donors (Lipinski definition) is 2.